The van der Waals surface area contributed by atoms with E-state index in [0.29, 0.717) is 24.4 Å². The number of anilines is 2. The van der Waals surface area contributed by atoms with E-state index in [2.05, 4.69) is 42.9 Å². The molecule has 1 amide bonds. The smallest absolute Gasteiger partial charge is 0.259 e. The number of aryl methyl sites for hydroxylation is 2. The van der Waals surface area contributed by atoms with Crippen LogP contribution < -0.4 is 9.80 Å². The van der Waals surface area contributed by atoms with E-state index in [0.717, 1.165) is 56.7 Å². The molecule has 150 valence electrons. The van der Waals surface area contributed by atoms with Crippen molar-refractivity contribution in [3.05, 3.63) is 29.4 Å². The van der Waals surface area contributed by atoms with Crippen LogP contribution in [-0.2, 0) is 0 Å². The van der Waals surface area contributed by atoms with Crippen LogP contribution in [0, 0.1) is 13.8 Å². The second kappa shape index (κ2) is 7.75. The molecule has 0 saturated carbocycles. The van der Waals surface area contributed by atoms with E-state index in [-0.39, 0.29) is 5.91 Å². The lowest BCUT2D eigenvalue weighted by molar-refractivity contribution is 0.0744. The normalized spacial score (nSPS) is 18.6. The first-order valence-electron chi connectivity index (χ1n) is 9.76. The number of carbonyl (C=O) groups is 1. The summed E-state index contributed by atoms with van der Waals surface area (Å²) in [5, 5.41) is 3.71. The Kier molecular flexibility index (Phi) is 5.17. The summed E-state index contributed by atoms with van der Waals surface area (Å²) in [6.07, 6.45) is 1.50. The van der Waals surface area contributed by atoms with E-state index in [1.54, 1.807) is 6.92 Å². The van der Waals surface area contributed by atoms with Gasteiger partial charge in [0.1, 0.15) is 28.8 Å². The molecule has 0 aromatic carbocycles. The van der Waals surface area contributed by atoms with Crippen molar-refractivity contribution in [2.24, 2.45) is 0 Å². The van der Waals surface area contributed by atoms with Crippen LogP contribution >= 0.6 is 0 Å². The molecule has 2 aromatic heterocycles. The molecule has 0 aliphatic carbocycles. The van der Waals surface area contributed by atoms with E-state index < -0.39 is 0 Å². The van der Waals surface area contributed by atoms with Gasteiger partial charge in [-0.1, -0.05) is 5.16 Å². The van der Waals surface area contributed by atoms with Crippen LogP contribution in [0.5, 0.6) is 0 Å². The maximum absolute atomic E-state index is 12.6. The second-order valence-corrected chi connectivity index (χ2v) is 7.50. The van der Waals surface area contributed by atoms with E-state index in [1.807, 2.05) is 11.8 Å². The Balaban J connectivity index is 1.43. The minimum atomic E-state index is -0.0182. The third kappa shape index (κ3) is 3.80. The summed E-state index contributed by atoms with van der Waals surface area (Å²) in [6.45, 7) is 10.5. The Morgan fingerprint density at radius 1 is 0.929 bits per heavy atom. The summed E-state index contributed by atoms with van der Waals surface area (Å²) >= 11 is 0. The van der Waals surface area contributed by atoms with Gasteiger partial charge in [-0.05, 0) is 20.9 Å². The van der Waals surface area contributed by atoms with E-state index in [4.69, 9.17) is 4.52 Å². The number of rotatable bonds is 3. The SMILES string of the molecule is Cc1nc(N2CCN(C)CC2)cc(N2CCN(C(=O)c3cnoc3C)CC2)n1. The lowest BCUT2D eigenvalue weighted by atomic mass is 10.2. The minimum Gasteiger partial charge on any atom is -0.361 e. The fraction of sp³-hybridized carbons (Fsp3) is 0.579. The first kappa shape index (κ1) is 18.7. The van der Waals surface area contributed by atoms with Gasteiger partial charge in [-0.15, -0.1) is 0 Å². The minimum absolute atomic E-state index is 0.0182. The highest BCUT2D eigenvalue weighted by Crippen LogP contribution is 2.22. The molecule has 9 nitrogen and oxygen atoms in total. The van der Waals surface area contributed by atoms with Crippen molar-refractivity contribution in [3.8, 4) is 0 Å². The molecule has 2 aliphatic heterocycles. The Morgan fingerprint density at radius 2 is 1.50 bits per heavy atom. The molecule has 2 saturated heterocycles. The van der Waals surface area contributed by atoms with Gasteiger partial charge >= 0.3 is 0 Å². The van der Waals surface area contributed by atoms with Gasteiger partial charge < -0.3 is 24.1 Å². The monoisotopic (exact) mass is 385 g/mol. The van der Waals surface area contributed by atoms with Crippen molar-refractivity contribution >= 4 is 17.5 Å². The first-order chi connectivity index (χ1) is 13.5. The predicted octanol–water partition coefficient (Wildman–Crippen LogP) is 0.796. The van der Waals surface area contributed by atoms with Crippen molar-refractivity contribution in [1.29, 1.82) is 0 Å². The zero-order valence-electron chi connectivity index (χ0n) is 16.8. The first-order valence-corrected chi connectivity index (χ1v) is 9.76. The predicted molar refractivity (Wildman–Crippen MR) is 106 cm³/mol. The fourth-order valence-corrected chi connectivity index (χ4v) is 3.71. The van der Waals surface area contributed by atoms with E-state index in [1.165, 1.54) is 6.20 Å². The summed E-state index contributed by atoms with van der Waals surface area (Å²) in [7, 11) is 2.15. The van der Waals surface area contributed by atoms with Crippen LogP contribution in [0.4, 0.5) is 11.6 Å². The summed E-state index contributed by atoms with van der Waals surface area (Å²) in [5.41, 5.74) is 0.545. The third-order valence-electron chi connectivity index (χ3n) is 5.51. The molecule has 0 radical (unpaired) electrons. The molecule has 28 heavy (non-hydrogen) atoms. The number of hydrogen-bond donors (Lipinski definition) is 0. The van der Waals surface area contributed by atoms with Gasteiger partial charge in [-0.3, -0.25) is 4.79 Å². The molecule has 0 spiro atoms. The number of hydrogen-bond acceptors (Lipinski definition) is 8. The lowest BCUT2D eigenvalue weighted by Crippen LogP contribution is -2.49. The number of nitrogens with zero attached hydrogens (tertiary/aromatic N) is 7. The summed E-state index contributed by atoms with van der Waals surface area (Å²) < 4.78 is 5.02. The standard InChI is InChI=1S/C19H27N7O2/c1-14-16(13-20-28-14)19(27)26-10-8-25(9-11-26)18-12-17(21-15(2)22-18)24-6-4-23(3)5-7-24/h12-13H,4-11H2,1-3H3. The summed E-state index contributed by atoms with van der Waals surface area (Å²) in [5.74, 6) is 3.26. The topological polar surface area (TPSA) is 81.8 Å². The van der Waals surface area contributed by atoms with Crippen molar-refractivity contribution in [2.75, 3.05) is 69.2 Å². The number of aromatic nitrogens is 3. The maximum Gasteiger partial charge on any atom is 0.259 e. The van der Waals surface area contributed by atoms with Crippen LogP contribution in [0.15, 0.2) is 16.8 Å². The summed E-state index contributed by atoms with van der Waals surface area (Å²) in [6, 6.07) is 2.08. The van der Waals surface area contributed by atoms with E-state index in [9.17, 15) is 4.79 Å². The van der Waals surface area contributed by atoms with Gasteiger partial charge in [0.25, 0.3) is 5.91 Å². The van der Waals surface area contributed by atoms with Crippen molar-refractivity contribution < 1.29 is 9.32 Å². The second-order valence-electron chi connectivity index (χ2n) is 7.50. The molecule has 0 atom stereocenters. The van der Waals surface area contributed by atoms with Crippen LogP contribution in [0.1, 0.15) is 21.9 Å². The zero-order chi connectivity index (χ0) is 19.7. The largest absolute Gasteiger partial charge is 0.361 e. The van der Waals surface area contributed by atoms with Gasteiger partial charge in [0.15, 0.2) is 0 Å². The van der Waals surface area contributed by atoms with Gasteiger partial charge in [-0.25, -0.2) is 9.97 Å². The van der Waals surface area contributed by atoms with Gasteiger partial charge in [0.05, 0.1) is 6.20 Å². The molecular weight excluding hydrogens is 358 g/mol. The highest BCUT2D eigenvalue weighted by Gasteiger charge is 2.26. The molecule has 2 aromatic rings. The molecule has 0 bridgehead atoms. The Bertz CT molecular complexity index is 837. The number of amides is 1. The molecule has 9 heteroatoms. The quantitative estimate of drug-likeness (QED) is 0.767. The Labute approximate surface area is 164 Å². The molecular formula is C19H27N7O2. The van der Waals surface area contributed by atoms with Crippen LogP contribution in [0.3, 0.4) is 0 Å². The summed E-state index contributed by atoms with van der Waals surface area (Å²) in [4.78, 5) is 30.7. The number of likely N-dealkylation sites (N-methyl/N-ethyl adjacent to an activating group) is 1. The average Bonchev–Trinajstić information content (AvgIpc) is 3.13. The molecule has 0 unspecified atom stereocenters. The molecule has 0 N–H and O–H groups in total. The zero-order valence-corrected chi connectivity index (χ0v) is 16.8. The number of carbonyl (C=O) groups excluding carboxylic acids is 1. The van der Waals surface area contributed by atoms with Crippen LogP contribution in [0.2, 0.25) is 0 Å². The van der Waals surface area contributed by atoms with Crippen LogP contribution in [-0.4, -0.2) is 90.2 Å². The molecule has 4 heterocycles. The molecule has 4 rings (SSSR count). The molecule has 2 fully saturated rings. The van der Waals surface area contributed by atoms with Gasteiger partial charge in [0, 0.05) is 58.4 Å². The average molecular weight is 385 g/mol. The fourth-order valence-electron chi connectivity index (χ4n) is 3.71. The van der Waals surface area contributed by atoms with Crippen LogP contribution in [0.25, 0.3) is 0 Å². The highest BCUT2D eigenvalue weighted by atomic mass is 16.5. The van der Waals surface area contributed by atoms with Gasteiger partial charge in [-0.2, -0.15) is 0 Å². The Hall–Kier alpha value is -2.68. The third-order valence-corrected chi connectivity index (χ3v) is 5.51. The van der Waals surface area contributed by atoms with Crippen molar-refractivity contribution in [3.63, 3.8) is 0 Å². The lowest BCUT2D eigenvalue weighted by Gasteiger charge is -2.36. The van der Waals surface area contributed by atoms with E-state index >= 15 is 0 Å². The van der Waals surface area contributed by atoms with Crippen molar-refractivity contribution in [1.82, 2.24) is 24.9 Å². The van der Waals surface area contributed by atoms with Gasteiger partial charge in [0.2, 0.25) is 0 Å². The molecule has 2 aliphatic rings. The maximum atomic E-state index is 12.6. The number of piperazine rings is 2. The van der Waals surface area contributed by atoms with Crippen molar-refractivity contribution in [2.45, 2.75) is 13.8 Å². The Morgan fingerprint density at radius 3 is 2.04 bits per heavy atom. The highest BCUT2D eigenvalue weighted by molar-refractivity contribution is 5.94.